The van der Waals surface area contributed by atoms with Gasteiger partial charge in [0.25, 0.3) is 0 Å². The van der Waals surface area contributed by atoms with Gasteiger partial charge in [-0.25, -0.2) is 14.6 Å². The molecular weight excluding hydrogens is 386 g/mol. The van der Waals surface area contributed by atoms with E-state index in [4.69, 9.17) is 5.73 Å². The Balaban J connectivity index is 1.69. The molecule has 0 aliphatic rings. The maximum absolute atomic E-state index is 11.2. The number of rotatable bonds is 6. The van der Waals surface area contributed by atoms with Gasteiger partial charge in [0.05, 0.1) is 16.8 Å². The quantitative estimate of drug-likeness (QED) is 0.284. The van der Waals surface area contributed by atoms with Crippen molar-refractivity contribution in [3.8, 4) is 16.9 Å². The molecule has 0 aliphatic carbocycles. The molecule has 0 fully saturated rings. The highest BCUT2D eigenvalue weighted by molar-refractivity contribution is 5.89. The smallest absolute Gasteiger partial charge is 0.354 e. The molecule has 3 aromatic heterocycles. The highest BCUT2D eigenvalue weighted by Gasteiger charge is 2.20. The fourth-order valence-corrected chi connectivity index (χ4v) is 2.74. The zero-order valence-corrected chi connectivity index (χ0v) is 15.5. The van der Waals surface area contributed by atoms with Gasteiger partial charge in [0.2, 0.25) is 11.6 Å². The van der Waals surface area contributed by atoms with Gasteiger partial charge in [0.15, 0.2) is 0 Å². The molecule has 148 valence electrons. The van der Waals surface area contributed by atoms with E-state index in [0.29, 0.717) is 11.3 Å². The Bertz CT molecular complexity index is 1210. The van der Waals surface area contributed by atoms with E-state index >= 15 is 0 Å². The number of hydrogen-bond acceptors (Lipinski definition) is 9. The first kappa shape index (κ1) is 18.7. The summed E-state index contributed by atoms with van der Waals surface area (Å²) in [4.78, 5) is 22.1. The zero-order chi connectivity index (χ0) is 20.9. The van der Waals surface area contributed by atoms with Gasteiger partial charge in [0, 0.05) is 29.7 Å². The molecular formula is C19H15N9O2. The average Bonchev–Trinajstić information content (AvgIpc) is 3.19. The number of nitrogens with two attached hydrogens (primary N) is 1. The predicted molar refractivity (Wildman–Crippen MR) is 111 cm³/mol. The van der Waals surface area contributed by atoms with Crippen molar-refractivity contribution < 1.29 is 4.92 Å². The second-order valence-corrected chi connectivity index (χ2v) is 6.04. The third-order valence-electron chi connectivity index (χ3n) is 4.11. The maximum atomic E-state index is 11.2. The van der Waals surface area contributed by atoms with Gasteiger partial charge in [-0.3, -0.25) is 20.5 Å². The van der Waals surface area contributed by atoms with Crippen molar-refractivity contribution in [2.24, 2.45) is 5.10 Å². The lowest BCUT2D eigenvalue weighted by molar-refractivity contribution is -0.383. The van der Waals surface area contributed by atoms with Gasteiger partial charge >= 0.3 is 5.69 Å². The second kappa shape index (κ2) is 8.14. The van der Waals surface area contributed by atoms with Crippen LogP contribution >= 0.6 is 0 Å². The van der Waals surface area contributed by atoms with Crippen molar-refractivity contribution in [3.05, 3.63) is 83.1 Å². The normalized spacial score (nSPS) is 10.9. The van der Waals surface area contributed by atoms with Crippen LogP contribution in [0.1, 0.15) is 5.56 Å². The van der Waals surface area contributed by atoms with Crippen LogP contribution < -0.4 is 11.2 Å². The Labute approximate surface area is 170 Å². The molecule has 0 aliphatic heterocycles. The van der Waals surface area contributed by atoms with E-state index in [1.54, 1.807) is 23.3 Å². The summed E-state index contributed by atoms with van der Waals surface area (Å²) < 4.78 is 1.72. The number of aromatic nitrogens is 5. The molecule has 11 heteroatoms. The highest BCUT2D eigenvalue weighted by atomic mass is 16.6. The van der Waals surface area contributed by atoms with Crippen LogP contribution in [0.3, 0.4) is 0 Å². The number of pyridine rings is 1. The molecule has 0 bridgehead atoms. The first-order valence-electron chi connectivity index (χ1n) is 8.73. The van der Waals surface area contributed by atoms with E-state index in [2.05, 4.69) is 30.6 Å². The van der Waals surface area contributed by atoms with Crippen molar-refractivity contribution in [1.29, 1.82) is 0 Å². The Morgan fingerprint density at radius 2 is 2.00 bits per heavy atom. The van der Waals surface area contributed by atoms with Crippen molar-refractivity contribution in [1.82, 2.24) is 24.7 Å². The van der Waals surface area contributed by atoms with Crippen molar-refractivity contribution >= 4 is 23.5 Å². The fourth-order valence-electron chi connectivity index (χ4n) is 2.74. The van der Waals surface area contributed by atoms with Crippen LogP contribution in [0.15, 0.2) is 72.5 Å². The van der Waals surface area contributed by atoms with Crippen molar-refractivity contribution in [2.75, 3.05) is 11.2 Å². The van der Waals surface area contributed by atoms with Crippen molar-refractivity contribution in [2.45, 2.75) is 0 Å². The number of benzene rings is 1. The van der Waals surface area contributed by atoms with Crippen LogP contribution in [0.25, 0.3) is 16.9 Å². The molecule has 30 heavy (non-hydrogen) atoms. The van der Waals surface area contributed by atoms with Gasteiger partial charge < -0.3 is 5.73 Å². The van der Waals surface area contributed by atoms with E-state index in [9.17, 15) is 10.1 Å². The van der Waals surface area contributed by atoms with Gasteiger partial charge in [-0.2, -0.15) is 10.2 Å². The zero-order valence-electron chi connectivity index (χ0n) is 15.5. The van der Waals surface area contributed by atoms with Gasteiger partial charge in [-0.1, -0.05) is 18.2 Å². The van der Waals surface area contributed by atoms with E-state index in [1.165, 1.54) is 6.21 Å². The first-order chi connectivity index (χ1) is 14.6. The van der Waals surface area contributed by atoms with E-state index in [1.807, 2.05) is 42.5 Å². The molecule has 0 saturated heterocycles. The number of nitrogens with one attached hydrogen (secondary N) is 1. The summed E-state index contributed by atoms with van der Waals surface area (Å²) in [6.45, 7) is 0. The summed E-state index contributed by atoms with van der Waals surface area (Å²) in [7, 11) is 0. The summed E-state index contributed by atoms with van der Waals surface area (Å²) in [6.07, 6.45) is 7.78. The minimum Gasteiger partial charge on any atom is -0.378 e. The van der Waals surface area contributed by atoms with E-state index in [0.717, 1.165) is 17.6 Å². The SMILES string of the molecule is Nc1ncnc(N/N=C\c2cn(-c3ccccc3)nc2-c2cccnc2)c1[N+](=O)[O-]. The third kappa shape index (κ3) is 3.80. The Morgan fingerprint density at radius 1 is 1.17 bits per heavy atom. The van der Waals surface area contributed by atoms with Crippen LogP contribution in [-0.4, -0.2) is 35.9 Å². The average molecular weight is 401 g/mol. The molecule has 0 spiro atoms. The molecule has 3 N–H and O–H groups in total. The molecule has 0 unspecified atom stereocenters. The third-order valence-corrected chi connectivity index (χ3v) is 4.11. The predicted octanol–water partition coefficient (Wildman–Crippen LogP) is 2.66. The van der Waals surface area contributed by atoms with Crippen LogP contribution in [0.4, 0.5) is 17.3 Å². The van der Waals surface area contributed by atoms with Gasteiger partial charge in [-0.05, 0) is 24.3 Å². The molecule has 1 aromatic carbocycles. The molecule has 4 aromatic rings. The second-order valence-electron chi connectivity index (χ2n) is 6.04. The summed E-state index contributed by atoms with van der Waals surface area (Å²) in [6, 6.07) is 13.3. The monoisotopic (exact) mass is 401 g/mol. The highest BCUT2D eigenvalue weighted by Crippen LogP contribution is 2.26. The molecule has 0 atom stereocenters. The van der Waals surface area contributed by atoms with E-state index < -0.39 is 10.6 Å². The first-order valence-corrected chi connectivity index (χ1v) is 8.73. The molecule has 3 heterocycles. The molecule has 0 amide bonds. The summed E-state index contributed by atoms with van der Waals surface area (Å²) in [5.74, 6) is -0.359. The van der Waals surface area contributed by atoms with Crippen LogP contribution in [0.2, 0.25) is 0 Å². The Hall–Kier alpha value is -4.67. The number of nitro groups is 1. The molecule has 0 radical (unpaired) electrons. The minimum absolute atomic E-state index is 0.109. The molecule has 0 saturated carbocycles. The number of anilines is 2. The number of hydrogen-bond donors (Lipinski definition) is 2. The van der Waals surface area contributed by atoms with Crippen LogP contribution in [0.5, 0.6) is 0 Å². The minimum atomic E-state index is -0.665. The molecule has 11 nitrogen and oxygen atoms in total. The van der Waals surface area contributed by atoms with Gasteiger partial charge in [-0.15, -0.1) is 0 Å². The largest absolute Gasteiger partial charge is 0.378 e. The standard InChI is InChI=1S/C19H15N9O2/c20-18-17(28(29)30)19(23-12-22-18)25-24-10-14-11-27(15-6-2-1-3-7-15)26-16(14)13-5-4-8-21-9-13/h1-12H,(H3,20,22,23,25)/b24-10-. The Kier molecular flexibility index (Phi) is 5.07. The van der Waals surface area contributed by atoms with Gasteiger partial charge in [0.1, 0.15) is 12.0 Å². The summed E-state index contributed by atoms with van der Waals surface area (Å²) >= 11 is 0. The fraction of sp³-hybridized carbons (Fsp3) is 0. The lowest BCUT2D eigenvalue weighted by Gasteiger charge is -2.02. The number of para-hydroxylation sites is 1. The van der Waals surface area contributed by atoms with Crippen LogP contribution in [0, 0.1) is 10.1 Å². The summed E-state index contributed by atoms with van der Waals surface area (Å²) in [5.41, 5.74) is 10.7. The maximum Gasteiger partial charge on any atom is 0.354 e. The molecule has 4 rings (SSSR count). The summed E-state index contributed by atoms with van der Waals surface area (Å²) in [5, 5.41) is 19.9. The van der Waals surface area contributed by atoms with Crippen LogP contribution in [-0.2, 0) is 0 Å². The lowest BCUT2D eigenvalue weighted by Crippen LogP contribution is -2.04. The lowest BCUT2D eigenvalue weighted by atomic mass is 10.1. The van der Waals surface area contributed by atoms with E-state index in [-0.39, 0.29) is 11.6 Å². The number of nitrogen functional groups attached to an aromatic ring is 1. The van der Waals surface area contributed by atoms with Crippen molar-refractivity contribution in [3.63, 3.8) is 0 Å². The Morgan fingerprint density at radius 3 is 2.73 bits per heavy atom. The topological polar surface area (TPSA) is 150 Å². The number of hydrazone groups is 1. The number of nitrogens with zero attached hydrogens (tertiary/aromatic N) is 7.